The van der Waals surface area contributed by atoms with Crippen molar-refractivity contribution < 1.29 is 114 Å². The number of carbonyl (C=O) groups is 3. The fourth-order valence-corrected chi connectivity index (χ4v) is 9.93. The quantitative estimate of drug-likeness (QED) is 0.210. The summed E-state index contributed by atoms with van der Waals surface area (Å²) < 4.78 is 44.7. The summed E-state index contributed by atoms with van der Waals surface area (Å²) >= 11 is 0. The number of aliphatic hydroxyl groups is 2. The monoisotopic (exact) mass is 792 g/mol. The second kappa shape index (κ2) is 17.9. The molecule has 0 saturated carbocycles. The minimum Gasteiger partial charge on any atom is -0.550 e. The molecule has 304 valence electrons. The van der Waals surface area contributed by atoms with Crippen LogP contribution in [0.3, 0.4) is 0 Å². The van der Waals surface area contributed by atoms with Gasteiger partial charge in [0.05, 0.1) is 47.8 Å². The second-order valence-electron chi connectivity index (χ2n) is 17.6. The third-order valence-electron chi connectivity index (χ3n) is 13.4. The van der Waals surface area contributed by atoms with Crippen molar-refractivity contribution in [3.8, 4) is 0 Å². The standard InChI is InChI=1S/C40H66O13.K/c1-11-30(42)47-20-40(46)23(5)17-21(3)32(52-40)28-18-22(4)35(48-28)38(10)14-13-29(50-38)37(9)15-16-39(53-37)19-27(41)24(6)34(51-39)25(7)33(26(8)36(44)45)49-31(43)12-2;/h21-29,32-35,41,46H,11-20H2,1-10H3,(H,44,45);/q;+1/p-1/t21-,22-,23+,24+,25+,26-,27-,28+,29+,32-,33+,34-,35+,37-,38-,39+,40-;/m0./s1. The normalized spacial score (nSPS) is 45.3. The van der Waals surface area contributed by atoms with Crippen LogP contribution in [0.1, 0.15) is 127 Å². The first-order valence-corrected chi connectivity index (χ1v) is 20.1. The number of carboxylic acids is 1. The largest absolute Gasteiger partial charge is 1.00 e. The molecule has 5 saturated heterocycles. The fraction of sp³-hybridized carbons (Fsp3) is 0.925. The molecule has 0 bridgehead atoms. The van der Waals surface area contributed by atoms with Gasteiger partial charge in [-0.15, -0.1) is 0 Å². The molecule has 0 amide bonds. The van der Waals surface area contributed by atoms with Crippen LogP contribution in [0.25, 0.3) is 0 Å². The van der Waals surface area contributed by atoms with Gasteiger partial charge in [0.1, 0.15) is 12.7 Å². The van der Waals surface area contributed by atoms with Crippen molar-refractivity contribution in [1.29, 1.82) is 0 Å². The van der Waals surface area contributed by atoms with E-state index in [1.54, 1.807) is 20.8 Å². The summed E-state index contributed by atoms with van der Waals surface area (Å²) in [6.07, 6.45) is 0.977. The molecule has 5 rings (SSSR count). The van der Waals surface area contributed by atoms with Crippen LogP contribution in [0.15, 0.2) is 0 Å². The van der Waals surface area contributed by atoms with Crippen LogP contribution in [0, 0.1) is 35.5 Å². The van der Waals surface area contributed by atoms with Crippen LogP contribution in [0.2, 0.25) is 0 Å². The van der Waals surface area contributed by atoms with E-state index in [4.69, 9.17) is 33.2 Å². The number of hydrogen-bond donors (Lipinski definition) is 2. The van der Waals surface area contributed by atoms with Gasteiger partial charge in [0.25, 0.3) is 0 Å². The van der Waals surface area contributed by atoms with Gasteiger partial charge in [0.2, 0.25) is 5.79 Å². The Bertz CT molecular complexity index is 1330. The van der Waals surface area contributed by atoms with Crippen LogP contribution in [0.5, 0.6) is 0 Å². The molecule has 17 atom stereocenters. The molecule has 5 aliphatic rings. The molecule has 0 aromatic rings. The van der Waals surface area contributed by atoms with E-state index >= 15 is 0 Å². The second-order valence-corrected chi connectivity index (χ2v) is 17.6. The summed E-state index contributed by atoms with van der Waals surface area (Å²) in [5.41, 5.74) is -1.35. The van der Waals surface area contributed by atoms with Crippen LogP contribution in [-0.4, -0.2) is 100 Å². The Morgan fingerprint density at radius 2 is 1.57 bits per heavy atom. The number of carboxylic acid groups (broad SMARTS) is 1. The average Bonchev–Trinajstić information content (AvgIpc) is 3.81. The SMILES string of the molecule is CCC(=O)OC[C@]1(O)O[C@H]([C@H]2C[C@H](C)[C@H]([C@]3(C)CC[C@H]([C@]4(C)CC[C@]5(C[C@H](O)[C@@H](C)[C@@H]([C@H](C)[C@@H](OC(=O)CC)[C@H](C)C(=O)[O-])O5)O4)O3)O2)[C@@H](C)C[C@H]1C.[K+]. The number of ether oxygens (including phenoxy) is 7. The molecule has 5 heterocycles. The molecule has 0 aromatic heterocycles. The minimum absolute atomic E-state index is 0. The molecule has 13 nitrogen and oxygen atoms in total. The number of rotatable bonds is 12. The van der Waals surface area contributed by atoms with Gasteiger partial charge in [-0.1, -0.05) is 55.4 Å². The first-order valence-electron chi connectivity index (χ1n) is 20.1. The van der Waals surface area contributed by atoms with E-state index in [-0.39, 0.29) is 131 Å². The molecule has 14 heteroatoms. The third-order valence-corrected chi connectivity index (χ3v) is 13.4. The minimum atomic E-state index is -1.59. The summed E-state index contributed by atoms with van der Waals surface area (Å²) in [5.74, 6) is -6.92. The van der Waals surface area contributed by atoms with E-state index in [0.29, 0.717) is 19.3 Å². The number of esters is 2. The van der Waals surface area contributed by atoms with Crippen molar-refractivity contribution in [2.24, 2.45) is 35.5 Å². The molecule has 5 aliphatic heterocycles. The number of hydrogen-bond acceptors (Lipinski definition) is 13. The van der Waals surface area contributed by atoms with Gasteiger partial charge in [0, 0.05) is 55.3 Å². The zero-order chi connectivity index (χ0) is 39.3. The Morgan fingerprint density at radius 3 is 2.20 bits per heavy atom. The summed E-state index contributed by atoms with van der Waals surface area (Å²) in [4.78, 5) is 36.2. The maximum absolute atomic E-state index is 12.3. The van der Waals surface area contributed by atoms with Crippen LogP contribution in [-0.2, 0) is 47.5 Å². The Balaban J connectivity index is 0.00000650. The van der Waals surface area contributed by atoms with Crippen LogP contribution in [0.4, 0.5) is 0 Å². The third kappa shape index (κ3) is 9.46. The van der Waals surface area contributed by atoms with Gasteiger partial charge in [-0.2, -0.15) is 0 Å². The van der Waals surface area contributed by atoms with Gasteiger partial charge < -0.3 is 53.3 Å². The van der Waals surface area contributed by atoms with E-state index in [2.05, 4.69) is 20.8 Å². The van der Waals surface area contributed by atoms with Gasteiger partial charge in [-0.25, -0.2) is 0 Å². The molecule has 2 N–H and O–H groups in total. The smallest absolute Gasteiger partial charge is 0.550 e. The van der Waals surface area contributed by atoms with Crippen LogP contribution >= 0.6 is 0 Å². The molecule has 54 heavy (non-hydrogen) atoms. The van der Waals surface area contributed by atoms with E-state index in [9.17, 15) is 29.7 Å². The maximum atomic E-state index is 12.3. The zero-order valence-corrected chi connectivity index (χ0v) is 37.6. The van der Waals surface area contributed by atoms with Crippen molar-refractivity contribution in [1.82, 2.24) is 0 Å². The fourth-order valence-electron chi connectivity index (χ4n) is 9.93. The topological polar surface area (TPSA) is 179 Å². The van der Waals surface area contributed by atoms with Crippen molar-refractivity contribution in [3.05, 3.63) is 0 Å². The molecular formula is C40H65KO13. The van der Waals surface area contributed by atoms with Crippen molar-refractivity contribution >= 4 is 17.9 Å². The first-order chi connectivity index (χ1) is 24.7. The van der Waals surface area contributed by atoms with E-state index < -0.39 is 64.9 Å². The number of carbonyl (C=O) groups excluding carboxylic acids is 3. The van der Waals surface area contributed by atoms with E-state index in [1.165, 1.54) is 6.92 Å². The molecule has 0 aliphatic carbocycles. The van der Waals surface area contributed by atoms with Gasteiger partial charge in [0.15, 0.2) is 5.79 Å². The molecule has 1 spiro atoms. The predicted molar refractivity (Wildman–Crippen MR) is 189 cm³/mol. The summed E-state index contributed by atoms with van der Waals surface area (Å²) in [6.45, 7) is 18.6. The maximum Gasteiger partial charge on any atom is 1.00 e. The van der Waals surface area contributed by atoms with Gasteiger partial charge in [-0.05, 0) is 57.8 Å². The van der Waals surface area contributed by atoms with E-state index in [0.717, 1.165) is 19.3 Å². The predicted octanol–water partition coefficient (Wildman–Crippen LogP) is 0.820. The average molecular weight is 793 g/mol. The van der Waals surface area contributed by atoms with Gasteiger partial charge >= 0.3 is 63.3 Å². The summed E-state index contributed by atoms with van der Waals surface area (Å²) in [5, 5.41) is 34.7. The van der Waals surface area contributed by atoms with Crippen molar-refractivity contribution in [3.63, 3.8) is 0 Å². The van der Waals surface area contributed by atoms with Crippen LogP contribution < -0.4 is 56.5 Å². The molecule has 0 aromatic carbocycles. The Labute approximate surface area is 364 Å². The number of aliphatic carboxylic acids is 1. The van der Waals surface area contributed by atoms with E-state index in [1.807, 2.05) is 20.8 Å². The molecule has 5 fully saturated rings. The Kier molecular flexibility index (Phi) is 15.4. The van der Waals surface area contributed by atoms with Gasteiger partial charge in [-0.3, -0.25) is 9.59 Å². The first kappa shape index (κ1) is 46.5. The summed E-state index contributed by atoms with van der Waals surface area (Å²) in [6, 6.07) is 0. The molecule has 0 unspecified atom stereocenters. The molecular weight excluding hydrogens is 728 g/mol. The van der Waals surface area contributed by atoms with Crippen molar-refractivity contribution in [2.45, 2.75) is 193 Å². The number of aliphatic hydroxyl groups excluding tert-OH is 1. The van der Waals surface area contributed by atoms with Crippen molar-refractivity contribution in [2.75, 3.05) is 6.61 Å². The summed E-state index contributed by atoms with van der Waals surface area (Å²) in [7, 11) is 0. The Hall–Kier alpha value is -0.234. The molecule has 0 radical (unpaired) electrons. The zero-order valence-electron chi connectivity index (χ0n) is 34.5. The Morgan fingerprint density at radius 1 is 0.907 bits per heavy atom.